The first kappa shape index (κ1) is 10.2. The number of hydrogen-bond acceptors (Lipinski definition) is 2. The van der Waals surface area contributed by atoms with Crippen molar-refractivity contribution < 1.29 is 9.47 Å². The van der Waals surface area contributed by atoms with Gasteiger partial charge in [0.15, 0.2) is 0 Å². The van der Waals surface area contributed by atoms with Gasteiger partial charge in [0.1, 0.15) is 11.4 Å². The molecule has 16 heavy (non-hydrogen) atoms. The molecule has 0 aliphatic carbocycles. The molecule has 0 N–H and O–H groups in total. The van der Waals surface area contributed by atoms with E-state index in [0.717, 1.165) is 18.8 Å². The standard InChI is InChI=1S/C14H18O2/c1-14(2)11-7-5-9-15-13(11)10-6-3-4-8-12(10)16-14/h3-4,6,8,11,13H,5,7,9H2,1-2H3. The highest BCUT2D eigenvalue weighted by molar-refractivity contribution is 5.39. The molecule has 0 aromatic heterocycles. The minimum Gasteiger partial charge on any atom is -0.487 e. The Morgan fingerprint density at radius 2 is 2.06 bits per heavy atom. The molecule has 86 valence electrons. The van der Waals surface area contributed by atoms with Crippen molar-refractivity contribution in [3.05, 3.63) is 29.8 Å². The Balaban J connectivity index is 2.07. The predicted molar refractivity (Wildman–Crippen MR) is 62.6 cm³/mol. The van der Waals surface area contributed by atoms with E-state index in [9.17, 15) is 0 Å². The molecule has 1 aromatic carbocycles. The van der Waals surface area contributed by atoms with Crippen LogP contribution >= 0.6 is 0 Å². The first-order valence-electron chi connectivity index (χ1n) is 6.08. The van der Waals surface area contributed by atoms with E-state index in [2.05, 4.69) is 26.0 Å². The maximum atomic E-state index is 6.11. The van der Waals surface area contributed by atoms with Crippen LogP contribution in [0.5, 0.6) is 5.75 Å². The van der Waals surface area contributed by atoms with Crippen molar-refractivity contribution in [2.75, 3.05) is 6.61 Å². The Labute approximate surface area is 96.6 Å². The number of benzene rings is 1. The summed E-state index contributed by atoms with van der Waals surface area (Å²) in [6.45, 7) is 5.23. The lowest BCUT2D eigenvalue weighted by Gasteiger charge is -2.46. The molecular weight excluding hydrogens is 200 g/mol. The third-order valence-corrected chi connectivity index (χ3v) is 3.81. The second-order valence-corrected chi connectivity index (χ2v) is 5.28. The highest BCUT2D eigenvalue weighted by Crippen LogP contribution is 2.48. The fourth-order valence-corrected chi connectivity index (χ4v) is 2.97. The van der Waals surface area contributed by atoms with Gasteiger partial charge in [-0.1, -0.05) is 18.2 Å². The van der Waals surface area contributed by atoms with E-state index in [1.54, 1.807) is 0 Å². The Morgan fingerprint density at radius 3 is 2.94 bits per heavy atom. The van der Waals surface area contributed by atoms with Crippen LogP contribution in [-0.4, -0.2) is 12.2 Å². The SMILES string of the molecule is CC1(C)Oc2ccccc2C2OCCCC21. The van der Waals surface area contributed by atoms with Gasteiger partial charge in [0, 0.05) is 18.1 Å². The summed E-state index contributed by atoms with van der Waals surface area (Å²) < 4.78 is 12.1. The van der Waals surface area contributed by atoms with Gasteiger partial charge in [0.05, 0.1) is 6.10 Å². The van der Waals surface area contributed by atoms with Crippen molar-refractivity contribution in [1.82, 2.24) is 0 Å². The van der Waals surface area contributed by atoms with Gasteiger partial charge in [0.2, 0.25) is 0 Å². The molecule has 0 saturated carbocycles. The Bertz CT molecular complexity index is 397. The average Bonchev–Trinajstić information content (AvgIpc) is 2.29. The van der Waals surface area contributed by atoms with Gasteiger partial charge in [-0.05, 0) is 32.8 Å². The van der Waals surface area contributed by atoms with Crippen molar-refractivity contribution in [3.63, 3.8) is 0 Å². The molecular formula is C14H18O2. The Hall–Kier alpha value is -1.02. The zero-order valence-corrected chi connectivity index (χ0v) is 9.90. The topological polar surface area (TPSA) is 18.5 Å². The molecule has 1 saturated heterocycles. The molecule has 2 aliphatic rings. The van der Waals surface area contributed by atoms with Crippen LogP contribution in [0.15, 0.2) is 24.3 Å². The van der Waals surface area contributed by atoms with Crippen LogP contribution in [0.25, 0.3) is 0 Å². The van der Waals surface area contributed by atoms with E-state index < -0.39 is 0 Å². The van der Waals surface area contributed by atoms with Gasteiger partial charge in [-0.25, -0.2) is 0 Å². The molecule has 2 unspecified atom stereocenters. The zero-order chi connectivity index (χ0) is 11.2. The van der Waals surface area contributed by atoms with Crippen LogP contribution in [0.3, 0.4) is 0 Å². The van der Waals surface area contributed by atoms with Crippen LogP contribution in [-0.2, 0) is 4.74 Å². The first-order chi connectivity index (χ1) is 7.68. The van der Waals surface area contributed by atoms with Crippen LogP contribution in [0.4, 0.5) is 0 Å². The summed E-state index contributed by atoms with van der Waals surface area (Å²) in [5, 5.41) is 0. The monoisotopic (exact) mass is 218 g/mol. The Morgan fingerprint density at radius 1 is 1.25 bits per heavy atom. The Kier molecular flexibility index (Phi) is 2.21. The smallest absolute Gasteiger partial charge is 0.125 e. The van der Waals surface area contributed by atoms with Crippen LogP contribution in [0.2, 0.25) is 0 Å². The lowest BCUT2D eigenvalue weighted by Crippen LogP contribution is -2.46. The number of fused-ring (bicyclic) bond motifs is 3. The van der Waals surface area contributed by atoms with E-state index in [1.807, 2.05) is 12.1 Å². The number of rotatable bonds is 0. The molecule has 2 heteroatoms. The lowest BCUT2D eigenvalue weighted by molar-refractivity contribution is -0.116. The maximum Gasteiger partial charge on any atom is 0.125 e. The van der Waals surface area contributed by atoms with E-state index in [1.165, 1.54) is 12.0 Å². The third kappa shape index (κ3) is 1.44. The van der Waals surface area contributed by atoms with Crippen LogP contribution in [0.1, 0.15) is 38.4 Å². The van der Waals surface area contributed by atoms with E-state index >= 15 is 0 Å². The lowest BCUT2D eigenvalue weighted by atomic mass is 9.76. The van der Waals surface area contributed by atoms with Crippen molar-refractivity contribution in [2.24, 2.45) is 5.92 Å². The summed E-state index contributed by atoms with van der Waals surface area (Å²) in [6, 6.07) is 8.27. The third-order valence-electron chi connectivity index (χ3n) is 3.81. The van der Waals surface area contributed by atoms with Gasteiger partial charge >= 0.3 is 0 Å². The van der Waals surface area contributed by atoms with Crippen molar-refractivity contribution >= 4 is 0 Å². The van der Waals surface area contributed by atoms with E-state index in [4.69, 9.17) is 9.47 Å². The molecule has 0 radical (unpaired) electrons. The van der Waals surface area contributed by atoms with E-state index in [0.29, 0.717) is 5.92 Å². The summed E-state index contributed by atoms with van der Waals surface area (Å²) in [7, 11) is 0. The molecule has 0 spiro atoms. The van der Waals surface area contributed by atoms with Gasteiger partial charge in [0.25, 0.3) is 0 Å². The second-order valence-electron chi connectivity index (χ2n) is 5.28. The van der Waals surface area contributed by atoms with Gasteiger partial charge in [-0.15, -0.1) is 0 Å². The summed E-state index contributed by atoms with van der Waals surface area (Å²) in [4.78, 5) is 0. The molecule has 2 aliphatic heterocycles. The van der Waals surface area contributed by atoms with Crippen molar-refractivity contribution in [3.8, 4) is 5.75 Å². The highest BCUT2D eigenvalue weighted by atomic mass is 16.5. The molecule has 2 atom stereocenters. The minimum atomic E-state index is -0.112. The number of para-hydroxylation sites is 1. The molecule has 2 heterocycles. The second kappa shape index (κ2) is 3.49. The highest BCUT2D eigenvalue weighted by Gasteiger charge is 2.45. The molecule has 0 amide bonds. The number of ether oxygens (including phenoxy) is 2. The number of hydrogen-bond donors (Lipinski definition) is 0. The fourth-order valence-electron chi connectivity index (χ4n) is 2.97. The first-order valence-corrected chi connectivity index (χ1v) is 6.08. The molecule has 0 bridgehead atoms. The predicted octanol–water partition coefficient (Wildman–Crippen LogP) is 3.33. The largest absolute Gasteiger partial charge is 0.487 e. The summed E-state index contributed by atoms with van der Waals surface area (Å²) >= 11 is 0. The quantitative estimate of drug-likeness (QED) is 0.665. The maximum absolute atomic E-state index is 6.11. The molecule has 1 fully saturated rings. The van der Waals surface area contributed by atoms with Gasteiger partial charge in [-0.3, -0.25) is 0 Å². The molecule has 2 nitrogen and oxygen atoms in total. The van der Waals surface area contributed by atoms with Crippen LogP contribution < -0.4 is 4.74 Å². The van der Waals surface area contributed by atoms with Gasteiger partial charge < -0.3 is 9.47 Å². The minimum absolute atomic E-state index is 0.112. The summed E-state index contributed by atoms with van der Waals surface area (Å²) in [5.74, 6) is 1.48. The normalized spacial score (nSPS) is 31.1. The average molecular weight is 218 g/mol. The molecule has 1 aromatic rings. The van der Waals surface area contributed by atoms with Crippen molar-refractivity contribution in [2.45, 2.75) is 38.4 Å². The summed E-state index contributed by atoms with van der Waals surface area (Å²) in [5.41, 5.74) is 1.12. The zero-order valence-electron chi connectivity index (χ0n) is 9.90. The van der Waals surface area contributed by atoms with E-state index in [-0.39, 0.29) is 11.7 Å². The fraction of sp³-hybridized carbons (Fsp3) is 0.571. The van der Waals surface area contributed by atoms with Crippen LogP contribution in [0, 0.1) is 5.92 Å². The molecule has 3 rings (SSSR count). The summed E-state index contributed by atoms with van der Waals surface area (Å²) in [6.07, 6.45) is 2.58. The van der Waals surface area contributed by atoms with Crippen molar-refractivity contribution in [1.29, 1.82) is 0 Å². The van der Waals surface area contributed by atoms with Gasteiger partial charge in [-0.2, -0.15) is 0 Å².